The number of aliphatic carboxylic acids is 1. The second-order valence-corrected chi connectivity index (χ2v) is 13.8. The van der Waals surface area contributed by atoms with Crippen LogP contribution >= 0.6 is 0 Å². The van der Waals surface area contributed by atoms with E-state index in [9.17, 15) is 19.5 Å². The highest BCUT2D eigenvalue weighted by molar-refractivity contribution is 5.72. The van der Waals surface area contributed by atoms with Crippen LogP contribution in [0.2, 0.25) is 0 Å². The van der Waals surface area contributed by atoms with Gasteiger partial charge in [-0.3, -0.25) is 9.59 Å². The number of ether oxygens (including phenoxy) is 3. The van der Waals surface area contributed by atoms with E-state index in [2.05, 4.69) is 98.9 Å². The number of allylic oxidation sites excluding steroid dienone is 14. The van der Waals surface area contributed by atoms with E-state index < -0.39 is 18.1 Å². The van der Waals surface area contributed by atoms with E-state index in [0.29, 0.717) is 19.3 Å². The minimum Gasteiger partial charge on any atom is -0.477 e. The summed E-state index contributed by atoms with van der Waals surface area (Å²) < 4.78 is 17.1. The zero-order chi connectivity index (χ0) is 38.5. The maximum Gasteiger partial charge on any atom is 0.362 e. The number of carbonyl (C=O) groups is 3. The average molecular weight is 727 g/mol. The van der Waals surface area contributed by atoms with Gasteiger partial charge in [0.1, 0.15) is 6.61 Å². The highest BCUT2D eigenvalue weighted by atomic mass is 16.6. The van der Waals surface area contributed by atoms with Gasteiger partial charge in [-0.2, -0.15) is 0 Å². The minimum absolute atomic E-state index is 0.0296. The molecule has 1 N–H and O–H groups in total. The predicted octanol–water partition coefficient (Wildman–Crippen LogP) is 10.2. The number of carboxylic acid groups (broad SMARTS) is 1. The summed E-state index contributed by atoms with van der Waals surface area (Å²) >= 11 is 0. The Balaban J connectivity index is 4.53. The number of carbonyl (C=O) groups excluding carboxylic acids is 2. The van der Waals surface area contributed by atoms with Crippen LogP contribution in [0.3, 0.4) is 0 Å². The van der Waals surface area contributed by atoms with Crippen LogP contribution in [0.5, 0.6) is 0 Å². The lowest BCUT2D eigenvalue weighted by Gasteiger charge is -2.31. The van der Waals surface area contributed by atoms with E-state index in [4.69, 9.17) is 14.2 Å². The largest absolute Gasteiger partial charge is 0.477 e. The minimum atomic E-state index is -0.891. The monoisotopic (exact) mass is 727 g/mol. The van der Waals surface area contributed by atoms with Crippen LogP contribution < -0.4 is 0 Å². The lowest BCUT2D eigenvalue weighted by Crippen LogP contribution is -2.50. The van der Waals surface area contributed by atoms with Gasteiger partial charge in [-0.25, -0.2) is 4.79 Å². The SMILES string of the molecule is CC/C=C/C/C=C/C/C=C/C/C=C/CCCCCC(=O)OCC(COCCC(C(=O)O)[N+](C)(C)C)OC(=O)CCCC/C=C/C/C=C/C/C=C/CC. The van der Waals surface area contributed by atoms with Gasteiger partial charge < -0.3 is 23.8 Å². The molecule has 2 atom stereocenters. The van der Waals surface area contributed by atoms with Crippen LogP contribution in [-0.4, -0.2) is 80.6 Å². The van der Waals surface area contributed by atoms with E-state index in [1.54, 1.807) is 0 Å². The highest BCUT2D eigenvalue weighted by Crippen LogP contribution is 2.11. The van der Waals surface area contributed by atoms with Gasteiger partial charge in [-0.15, -0.1) is 0 Å². The van der Waals surface area contributed by atoms with Crippen molar-refractivity contribution in [3.8, 4) is 0 Å². The average Bonchev–Trinajstić information content (AvgIpc) is 3.09. The smallest absolute Gasteiger partial charge is 0.362 e. The lowest BCUT2D eigenvalue weighted by molar-refractivity contribution is -0.887. The molecule has 52 heavy (non-hydrogen) atoms. The molecule has 0 aromatic carbocycles. The molecule has 0 saturated heterocycles. The number of carboxylic acids is 1. The summed E-state index contributed by atoms with van der Waals surface area (Å²) in [6.07, 6.45) is 43.5. The number of nitrogens with zero attached hydrogens (tertiary/aromatic N) is 1. The summed E-state index contributed by atoms with van der Waals surface area (Å²) in [4.78, 5) is 36.8. The van der Waals surface area contributed by atoms with Crippen molar-refractivity contribution in [3.63, 3.8) is 0 Å². The Morgan fingerprint density at radius 3 is 1.50 bits per heavy atom. The van der Waals surface area contributed by atoms with Crippen molar-refractivity contribution in [2.24, 2.45) is 0 Å². The molecule has 2 unspecified atom stereocenters. The van der Waals surface area contributed by atoms with Crippen molar-refractivity contribution in [1.82, 2.24) is 0 Å². The fourth-order valence-electron chi connectivity index (χ4n) is 5.03. The molecule has 0 rings (SSSR count). The number of likely N-dealkylation sites (N-methyl/N-ethyl adjacent to an activating group) is 1. The van der Waals surface area contributed by atoms with Gasteiger partial charge in [0.15, 0.2) is 12.1 Å². The molecule has 0 fully saturated rings. The molecular formula is C44H72NO7+. The summed E-state index contributed by atoms with van der Waals surface area (Å²) in [5, 5.41) is 9.59. The third-order valence-corrected chi connectivity index (χ3v) is 8.04. The molecule has 0 aliphatic heterocycles. The Morgan fingerprint density at radius 2 is 1.02 bits per heavy atom. The first-order valence-corrected chi connectivity index (χ1v) is 19.6. The van der Waals surface area contributed by atoms with Crippen LogP contribution in [0.25, 0.3) is 0 Å². The second kappa shape index (κ2) is 34.6. The number of unbranched alkanes of at least 4 members (excludes halogenated alkanes) is 5. The maximum absolute atomic E-state index is 12.6. The van der Waals surface area contributed by atoms with Crippen LogP contribution in [0.1, 0.15) is 123 Å². The molecule has 0 bridgehead atoms. The molecule has 0 aliphatic carbocycles. The number of quaternary nitrogens is 1. The van der Waals surface area contributed by atoms with Crippen LogP contribution in [0, 0.1) is 0 Å². The molecule has 0 aromatic rings. The third-order valence-electron chi connectivity index (χ3n) is 8.04. The summed E-state index contributed by atoms with van der Waals surface area (Å²) in [6.45, 7) is 4.39. The first kappa shape index (κ1) is 48.5. The number of hydrogen-bond acceptors (Lipinski definition) is 6. The van der Waals surface area contributed by atoms with Gasteiger partial charge in [0.25, 0.3) is 0 Å². The van der Waals surface area contributed by atoms with Gasteiger partial charge in [0.2, 0.25) is 0 Å². The predicted molar refractivity (Wildman–Crippen MR) is 215 cm³/mol. The molecule has 0 aliphatic rings. The third kappa shape index (κ3) is 32.4. The van der Waals surface area contributed by atoms with Crippen molar-refractivity contribution >= 4 is 17.9 Å². The fourth-order valence-corrected chi connectivity index (χ4v) is 5.03. The molecule has 0 saturated carbocycles. The topological polar surface area (TPSA) is 99.1 Å². The van der Waals surface area contributed by atoms with Crippen LogP contribution in [-0.2, 0) is 28.6 Å². The molecular weight excluding hydrogens is 654 g/mol. The summed E-state index contributed by atoms with van der Waals surface area (Å²) in [6, 6.07) is -0.630. The van der Waals surface area contributed by atoms with Crippen LogP contribution in [0.15, 0.2) is 85.1 Å². The molecule has 0 spiro atoms. The summed E-state index contributed by atoms with van der Waals surface area (Å²) in [5.74, 6) is -1.58. The second-order valence-electron chi connectivity index (χ2n) is 13.8. The maximum atomic E-state index is 12.6. The molecule has 0 radical (unpaired) electrons. The lowest BCUT2D eigenvalue weighted by atomic mass is 10.1. The van der Waals surface area contributed by atoms with E-state index in [-0.39, 0.29) is 42.7 Å². The zero-order valence-corrected chi connectivity index (χ0v) is 33.2. The molecule has 0 aromatic heterocycles. The van der Waals surface area contributed by atoms with E-state index in [1.165, 1.54) is 0 Å². The number of rotatable bonds is 33. The normalized spacial score (nSPS) is 13.9. The Hall–Kier alpha value is -3.49. The Bertz CT molecular complexity index is 1120. The molecule has 0 heterocycles. The quantitative estimate of drug-likeness (QED) is 0.0311. The fraction of sp³-hybridized carbons (Fsp3) is 0.614. The molecule has 294 valence electrons. The standard InChI is InChI=1S/C44H71NO7/c1-6-8-10-12-14-16-18-20-21-22-23-25-26-28-30-32-34-42(46)51-39-40(38-50-37-36-41(44(48)49)45(3,4)5)52-43(47)35-33-31-29-27-24-19-17-15-13-11-9-7-2/h8-11,14-17,20-21,23-25,27,40-41H,6-7,12-13,18-19,22,26,28-39H2,1-5H3/p+1/b10-8+,11-9+,16-14+,17-15+,21-20+,25-23+,27-24+. The first-order chi connectivity index (χ1) is 25.1. The van der Waals surface area contributed by atoms with Crippen molar-refractivity contribution in [2.75, 3.05) is 41.0 Å². The van der Waals surface area contributed by atoms with Gasteiger partial charge in [0, 0.05) is 19.3 Å². The van der Waals surface area contributed by atoms with Gasteiger partial charge in [-0.1, -0.05) is 105 Å². The number of hydrogen-bond donors (Lipinski definition) is 1. The highest BCUT2D eigenvalue weighted by Gasteiger charge is 2.31. The van der Waals surface area contributed by atoms with E-state index in [1.807, 2.05) is 21.1 Å². The van der Waals surface area contributed by atoms with Crippen molar-refractivity contribution < 1.29 is 38.2 Å². The van der Waals surface area contributed by atoms with Gasteiger partial charge in [-0.05, 0) is 83.5 Å². The van der Waals surface area contributed by atoms with Gasteiger partial charge >= 0.3 is 17.9 Å². The number of esters is 2. The first-order valence-electron chi connectivity index (χ1n) is 19.6. The van der Waals surface area contributed by atoms with E-state index in [0.717, 1.165) is 83.5 Å². The molecule has 0 amide bonds. The Labute approximate surface area is 316 Å². The Morgan fingerprint density at radius 1 is 0.577 bits per heavy atom. The Kier molecular flexibility index (Phi) is 32.3. The van der Waals surface area contributed by atoms with Crippen molar-refractivity contribution in [3.05, 3.63) is 85.1 Å². The van der Waals surface area contributed by atoms with E-state index >= 15 is 0 Å². The zero-order valence-electron chi connectivity index (χ0n) is 33.2. The van der Waals surface area contributed by atoms with Crippen molar-refractivity contribution in [1.29, 1.82) is 0 Å². The van der Waals surface area contributed by atoms with Gasteiger partial charge in [0.05, 0.1) is 34.4 Å². The summed E-state index contributed by atoms with van der Waals surface area (Å²) in [5.41, 5.74) is 0. The summed E-state index contributed by atoms with van der Waals surface area (Å²) in [7, 11) is 5.48. The molecule has 8 nitrogen and oxygen atoms in total. The van der Waals surface area contributed by atoms with Crippen LogP contribution in [0.4, 0.5) is 0 Å². The van der Waals surface area contributed by atoms with Crippen molar-refractivity contribution in [2.45, 2.75) is 135 Å². The molecule has 8 heteroatoms.